The van der Waals surface area contributed by atoms with Crippen LogP contribution in [0, 0.1) is 0 Å². The minimum atomic E-state index is -4.15. The van der Waals surface area contributed by atoms with Crippen LogP contribution >= 0.6 is 0 Å². The van der Waals surface area contributed by atoms with E-state index in [-0.39, 0.29) is 18.5 Å². The monoisotopic (exact) mass is 276 g/mol. The average molecular weight is 276 g/mol. The normalized spacial score (nSPS) is 11.3. The Morgan fingerprint density at radius 1 is 1.32 bits per heavy atom. The van der Waals surface area contributed by atoms with Crippen LogP contribution in [0.4, 0.5) is 24.5 Å². The predicted molar refractivity (Wildman–Crippen MR) is 66.2 cm³/mol. The van der Waals surface area contributed by atoms with Crippen molar-refractivity contribution in [3.05, 3.63) is 23.8 Å². The SMILES string of the molecule is Nc1ccc(NCCCCC(F)(F)F)c(C(=O)O)c1. The highest BCUT2D eigenvalue weighted by molar-refractivity contribution is 5.95. The van der Waals surface area contributed by atoms with E-state index in [1.165, 1.54) is 18.2 Å². The highest BCUT2D eigenvalue weighted by atomic mass is 19.4. The summed E-state index contributed by atoms with van der Waals surface area (Å²) in [5.41, 5.74) is 6.16. The Kier molecular flexibility index (Phi) is 5.02. The summed E-state index contributed by atoms with van der Waals surface area (Å²) in [6.45, 7) is 0.278. The molecule has 7 heteroatoms. The number of nitrogen functional groups attached to an aromatic ring is 1. The Hall–Kier alpha value is -1.92. The second-order valence-electron chi connectivity index (χ2n) is 4.11. The van der Waals surface area contributed by atoms with E-state index >= 15 is 0 Å². The lowest BCUT2D eigenvalue weighted by atomic mass is 10.1. The molecule has 0 saturated heterocycles. The molecule has 0 amide bonds. The van der Waals surface area contributed by atoms with Gasteiger partial charge in [-0.15, -0.1) is 0 Å². The number of nitrogens with one attached hydrogen (secondary N) is 1. The summed E-state index contributed by atoms with van der Waals surface area (Å²) in [5.74, 6) is -1.13. The highest BCUT2D eigenvalue weighted by Crippen LogP contribution is 2.23. The summed E-state index contributed by atoms with van der Waals surface area (Å²) < 4.78 is 35.7. The van der Waals surface area contributed by atoms with Crippen molar-refractivity contribution < 1.29 is 23.1 Å². The molecule has 0 unspecified atom stereocenters. The average Bonchev–Trinajstić information content (AvgIpc) is 2.28. The summed E-state index contributed by atoms with van der Waals surface area (Å²) in [7, 11) is 0. The fraction of sp³-hybridized carbons (Fsp3) is 0.417. The summed E-state index contributed by atoms with van der Waals surface area (Å²) >= 11 is 0. The van der Waals surface area contributed by atoms with E-state index in [1.54, 1.807) is 0 Å². The molecule has 0 spiro atoms. The van der Waals surface area contributed by atoms with Gasteiger partial charge in [0, 0.05) is 24.3 Å². The van der Waals surface area contributed by atoms with Crippen LogP contribution in [0.2, 0.25) is 0 Å². The molecule has 0 aliphatic rings. The lowest BCUT2D eigenvalue weighted by molar-refractivity contribution is -0.135. The van der Waals surface area contributed by atoms with Gasteiger partial charge in [-0.05, 0) is 31.0 Å². The van der Waals surface area contributed by atoms with Gasteiger partial charge in [0.2, 0.25) is 0 Å². The molecule has 1 aromatic rings. The van der Waals surface area contributed by atoms with Crippen LogP contribution < -0.4 is 11.1 Å². The van der Waals surface area contributed by atoms with Crippen LogP contribution in [0.25, 0.3) is 0 Å². The fourth-order valence-corrected chi connectivity index (χ4v) is 1.57. The van der Waals surface area contributed by atoms with E-state index in [2.05, 4.69) is 5.32 Å². The molecule has 0 heterocycles. The number of unbranched alkanes of at least 4 members (excludes halogenated alkanes) is 1. The van der Waals surface area contributed by atoms with Gasteiger partial charge in [-0.2, -0.15) is 13.2 Å². The number of hydrogen-bond acceptors (Lipinski definition) is 3. The largest absolute Gasteiger partial charge is 0.478 e. The Labute approximate surface area is 108 Å². The number of nitrogens with two attached hydrogens (primary N) is 1. The quantitative estimate of drug-likeness (QED) is 0.551. The van der Waals surface area contributed by atoms with E-state index in [4.69, 9.17) is 10.8 Å². The maximum Gasteiger partial charge on any atom is 0.389 e. The van der Waals surface area contributed by atoms with Gasteiger partial charge in [0.05, 0.1) is 5.56 Å². The zero-order valence-electron chi connectivity index (χ0n) is 10.1. The minimum Gasteiger partial charge on any atom is -0.478 e. The van der Waals surface area contributed by atoms with Crippen molar-refractivity contribution in [2.45, 2.75) is 25.4 Å². The van der Waals surface area contributed by atoms with Crippen LogP contribution in [0.1, 0.15) is 29.6 Å². The third-order valence-electron chi connectivity index (χ3n) is 2.48. The van der Waals surface area contributed by atoms with E-state index in [0.29, 0.717) is 17.8 Å². The minimum absolute atomic E-state index is 0.00781. The Morgan fingerprint density at radius 2 is 2.00 bits per heavy atom. The van der Waals surface area contributed by atoms with Crippen molar-refractivity contribution in [3.8, 4) is 0 Å². The van der Waals surface area contributed by atoms with Gasteiger partial charge in [-0.3, -0.25) is 0 Å². The number of alkyl halides is 3. The number of rotatable bonds is 6. The van der Waals surface area contributed by atoms with E-state index in [0.717, 1.165) is 0 Å². The van der Waals surface area contributed by atoms with Gasteiger partial charge in [0.15, 0.2) is 0 Å². The maximum atomic E-state index is 11.9. The number of anilines is 2. The molecule has 1 rings (SSSR count). The highest BCUT2D eigenvalue weighted by Gasteiger charge is 2.25. The number of benzene rings is 1. The number of hydrogen-bond donors (Lipinski definition) is 3. The van der Waals surface area contributed by atoms with Gasteiger partial charge >= 0.3 is 12.1 Å². The smallest absolute Gasteiger partial charge is 0.389 e. The molecule has 4 N–H and O–H groups in total. The summed E-state index contributed by atoms with van der Waals surface area (Å²) in [6, 6.07) is 4.34. The first-order valence-electron chi connectivity index (χ1n) is 5.73. The molecule has 4 nitrogen and oxygen atoms in total. The molecule has 0 bridgehead atoms. The molecular formula is C12H15F3N2O2. The number of carbonyl (C=O) groups is 1. The molecule has 0 radical (unpaired) electrons. The molecule has 1 aromatic carbocycles. The van der Waals surface area contributed by atoms with Crippen molar-refractivity contribution in [2.24, 2.45) is 0 Å². The molecular weight excluding hydrogens is 261 g/mol. The van der Waals surface area contributed by atoms with Crippen molar-refractivity contribution in [1.29, 1.82) is 0 Å². The first-order chi connectivity index (χ1) is 8.79. The van der Waals surface area contributed by atoms with Crippen molar-refractivity contribution in [3.63, 3.8) is 0 Å². The first-order valence-corrected chi connectivity index (χ1v) is 5.73. The van der Waals surface area contributed by atoms with Crippen LogP contribution in [0.3, 0.4) is 0 Å². The molecule has 106 valence electrons. The molecule has 0 aliphatic heterocycles. The molecule has 0 atom stereocenters. The van der Waals surface area contributed by atoms with E-state index < -0.39 is 18.6 Å². The lowest BCUT2D eigenvalue weighted by Gasteiger charge is -2.10. The second-order valence-corrected chi connectivity index (χ2v) is 4.11. The topological polar surface area (TPSA) is 75.3 Å². The number of aromatic carboxylic acids is 1. The van der Waals surface area contributed by atoms with Gasteiger partial charge in [0.1, 0.15) is 0 Å². The van der Waals surface area contributed by atoms with Gasteiger partial charge in [-0.1, -0.05) is 0 Å². The summed E-state index contributed by atoms with van der Waals surface area (Å²) in [6.07, 6.45) is -4.66. The molecule has 0 fully saturated rings. The summed E-state index contributed by atoms with van der Waals surface area (Å²) in [4.78, 5) is 10.9. The summed E-state index contributed by atoms with van der Waals surface area (Å²) in [5, 5.41) is 11.8. The standard InChI is InChI=1S/C12H15F3N2O2/c13-12(14,15)5-1-2-6-17-10-4-3-8(16)7-9(10)11(18)19/h3-4,7,17H,1-2,5-6,16H2,(H,18,19). The molecule has 19 heavy (non-hydrogen) atoms. The van der Waals surface area contributed by atoms with Crippen LogP contribution in [-0.4, -0.2) is 23.8 Å². The Balaban J connectivity index is 2.47. The predicted octanol–water partition coefficient (Wildman–Crippen LogP) is 3.11. The van der Waals surface area contributed by atoms with Gasteiger partial charge < -0.3 is 16.2 Å². The molecule has 0 aromatic heterocycles. The van der Waals surface area contributed by atoms with Crippen LogP contribution in [-0.2, 0) is 0 Å². The second kappa shape index (κ2) is 6.31. The fourth-order valence-electron chi connectivity index (χ4n) is 1.57. The molecule has 0 saturated carbocycles. The van der Waals surface area contributed by atoms with Crippen molar-refractivity contribution in [2.75, 3.05) is 17.6 Å². The van der Waals surface area contributed by atoms with E-state index in [9.17, 15) is 18.0 Å². The molecule has 0 aliphatic carbocycles. The first kappa shape index (κ1) is 15.1. The van der Waals surface area contributed by atoms with Gasteiger partial charge in [0.25, 0.3) is 0 Å². The number of carboxylic acid groups (broad SMARTS) is 1. The Morgan fingerprint density at radius 3 is 2.58 bits per heavy atom. The third-order valence-corrected chi connectivity index (χ3v) is 2.48. The van der Waals surface area contributed by atoms with Crippen LogP contribution in [0.5, 0.6) is 0 Å². The van der Waals surface area contributed by atoms with Crippen molar-refractivity contribution in [1.82, 2.24) is 0 Å². The maximum absolute atomic E-state index is 11.9. The van der Waals surface area contributed by atoms with Gasteiger partial charge in [-0.25, -0.2) is 4.79 Å². The third kappa shape index (κ3) is 5.50. The van der Waals surface area contributed by atoms with Crippen molar-refractivity contribution >= 4 is 17.3 Å². The zero-order chi connectivity index (χ0) is 14.5. The van der Waals surface area contributed by atoms with Crippen LogP contribution in [0.15, 0.2) is 18.2 Å². The number of halogens is 3. The number of carboxylic acids is 1. The van der Waals surface area contributed by atoms with E-state index in [1.807, 2.05) is 0 Å². The lowest BCUT2D eigenvalue weighted by Crippen LogP contribution is -2.10. The zero-order valence-corrected chi connectivity index (χ0v) is 10.1. The Bertz CT molecular complexity index is 447.